The lowest BCUT2D eigenvalue weighted by atomic mass is 10.2. The van der Waals surface area contributed by atoms with Crippen LogP contribution in [0.1, 0.15) is 5.69 Å². The molecule has 1 aromatic heterocycles. The Kier molecular flexibility index (Phi) is 5.06. The van der Waals surface area contributed by atoms with Crippen LogP contribution < -0.4 is 5.32 Å². The minimum absolute atomic E-state index is 0.134. The molecule has 2 rings (SSSR count). The monoisotopic (exact) mass is 311 g/mol. The van der Waals surface area contributed by atoms with Crippen LogP contribution in [0.5, 0.6) is 0 Å². The minimum atomic E-state index is -0.893. The van der Waals surface area contributed by atoms with Gasteiger partial charge >= 0.3 is 0 Å². The predicted molar refractivity (Wildman–Crippen MR) is 78.8 cm³/mol. The van der Waals surface area contributed by atoms with Crippen LogP contribution in [0, 0.1) is 12.7 Å². The van der Waals surface area contributed by atoms with Crippen LogP contribution >= 0.6 is 11.6 Å². The average molecular weight is 312 g/mol. The lowest BCUT2D eigenvalue weighted by Crippen LogP contribution is -2.23. The number of nitrogens with zero attached hydrogens (tertiary/aromatic N) is 2. The number of halogens is 2. The molecule has 5 nitrogen and oxygen atoms in total. The Morgan fingerprint density at radius 2 is 2.10 bits per heavy atom. The molecule has 0 aliphatic heterocycles. The van der Waals surface area contributed by atoms with Crippen LogP contribution in [0.4, 0.5) is 10.2 Å². The summed E-state index contributed by atoms with van der Waals surface area (Å²) in [5.74, 6) is 0.166. The summed E-state index contributed by atoms with van der Waals surface area (Å²) in [7, 11) is 0. The number of aliphatic hydroxyl groups excluding tert-OH is 2. The molecule has 21 heavy (non-hydrogen) atoms. The summed E-state index contributed by atoms with van der Waals surface area (Å²) in [4.78, 5) is 8.40. The van der Waals surface area contributed by atoms with Gasteiger partial charge in [0, 0.05) is 23.3 Å². The van der Waals surface area contributed by atoms with Gasteiger partial charge in [-0.3, -0.25) is 0 Å². The number of hydrogen-bond acceptors (Lipinski definition) is 5. The molecule has 3 N–H and O–H groups in total. The zero-order valence-corrected chi connectivity index (χ0v) is 12.1. The van der Waals surface area contributed by atoms with Crippen molar-refractivity contribution in [1.29, 1.82) is 0 Å². The summed E-state index contributed by atoms with van der Waals surface area (Å²) in [5, 5.41) is 21.3. The van der Waals surface area contributed by atoms with Gasteiger partial charge in [0.25, 0.3) is 0 Å². The Balaban J connectivity index is 2.30. The smallest absolute Gasteiger partial charge is 0.164 e. The van der Waals surface area contributed by atoms with E-state index in [1.165, 1.54) is 12.1 Å². The topological polar surface area (TPSA) is 78.3 Å². The largest absolute Gasteiger partial charge is 0.394 e. The first-order chi connectivity index (χ1) is 9.99. The molecule has 0 saturated heterocycles. The molecule has 0 aliphatic carbocycles. The number of nitrogens with one attached hydrogen (secondary N) is 1. The van der Waals surface area contributed by atoms with Crippen LogP contribution in [0.25, 0.3) is 11.4 Å². The van der Waals surface area contributed by atoms with E-state index in [4.69, 9.17) is 16.7 Å². The zero-order valence-electron chi connectivity index (χ0n) is 11.3. The maximum atomic E-state index is 13.9. The number of aryl methyl sites for hydroxylation is 1. The molecule has 112 valence electrons. The normalized spacial score (nSPS) is 12.2. The van der Waals surface area contributed by atoms with Crippen molar-refractivity contribution in [2.24, 2.45) is 0 Å². The molecule has 1 aromatic carbocycles. The van der Waals surface area contributed by atoms with E-state index < -0.39 is 11.9 Å². The summed E-state index contributed by atoms with van der Waals surface area (Å²) in [6, 6.07) is 5.94. The maximum absolute atomic E-state index is 13.9. The lowest BCUT2D eigenvalue weighted by molar-refractivity contribution is 0.105. The Morgan fingerprint density at radius 3 is 2.76 bits per heavy atom. The van der Waals surface area contributed by atoms with Crippen LogP contribution in [-0.4, -0.2) is 39.4 Å². The van der Waals surface area contributed by atoms with Crippen LogP contribution in [0.15, 0.2) is 24.3 Å². The van der Waals surface area contributed by atoms with Crippen LogP contribution in [-0.2, 0) is 0 Å². The summed E-state index contributed by atoms with van der Waals surface area (Å²) in [5.41, 5.74) is 0.893. The van der Waals surface area contributed by atoms with Gasteiger partial charge in [-0.25, -0.2) is 14.4 Å². The number of benzene rings is 1. The third kappa shape index (κ3) is 4.10. The third-order valence-corrected chi connectivity index (χ3v) is 2.99. The van der Waals surface area contributed by atoms with Gasteiger partial charge in [0.05, 0.1) is 18.3 Å². The van der Waals surface area contributed by atoms with Gasteiger partial charge in [-0.05, 0) is 25.1 Å². The van der Waals surface area contributed by atoms with E-state index in [-0.39, 0.29) is 24.5 Å². The maximum Gasteiger partial charge on any atom is 0.164 e. The molecule has 2 aromatic rings. The zero-order chi connectivity index (χ0) is 15.4. The molecule has 1 heterocycles. The Morgan fingerprint density at radius 1 is 1.33 bits per heavy atom. The second kappa shape index (κ2) is 6.80. The first-order valence-electron chi connectivity index (χ1n) is 6.33. The van der Waals surface area contributed by atoms with E-state index in [1.54, 1.807) is 19.1 Å². The van der Waals surface area contributed by atoms with Crippen molar-refractivity contribution in [1.82, 2.24) is 9.97 Å². The van der Waals surface area contributed by atoms with E-state index in [9.17, 15) is 9.50 Å². The van der Waals surface area contributed by atoms with E-state index in [2.05, 4.69) is 15.3 Å². The molecule has 0 bridgehead atoms. The highest BCUT2D eigenvalue weighted by atomic mass is 35.5. The molecule has 0 spiro atoms. The molecule has 1 atom stereocenters. The van der Waals surface area contributed by atoms with E-state index >= 15 is 0 Å². The van der Waals surface area contributed by atoms with Crippen LogP contribution in [0.2, 0.25) is 5.02 Å². The number of aromatic nitrogens is 2. The first kappa shape index (κ1) is 15.6. The predicted octanol–water partition coefficient (Wildman–Crippen LogP) is 2.01. The van der Waals surface area contributed by atoms with Gasteiger partial charge in [-0.15, -0.1) is 0 Å². The highest BCUT2D eigenvalue weighted by Gasteiger charge is 2.11. The van der Waals surface area contributed by atoms with Gasteiger partial charge < -0.3 is 15.5 Å². The Hall–Kier alpha value is -1.76. The number of anilines is 1. The molecule has 0 fully saturated rings. The summed E-state index contributed by atoms with van der Waals surface area (Å²) in [6.07, 6.45) is -0.893. The van der Waals surface area contributed by atoms with Crippen molar-refractivity contribution in [3.05, 3.63) is 40.8 Å². The van der Waals surface area contributed by atoms with Gasteiger partial charge in [0.2, 0.25) is 0 Å². The minimum Gasteiger partial charge on any atom is -0.394 e. The molecule has 0 aliphatic rings. The standard InChI is InChI=1S/C14H15ClFN3O2/c1-8-4-13(17-6-10(21)7-20)19-14(18-8)11-3-2-9(15)5-12(11)16/h2-5,10,20-21H,6-7H2,1H3,(H,17,18,19). The van der Waals surface area contributed by atoms with E-state index in [0.29, 0.717) is 16.5 Å². The molecule has 0 saturated carbocycles. The summed E-state index contributed by atoms with van der Waals surface area (Å²) < 4.78 is 13.9. The van der Waals surface area contributed by atoms with Gasteiger partial charge in [0.1, 0.15) is 11.6 Å². The van der Waals surface area contributed by atoms with Gasteiger partial charge in [-0.2, -0.15) is 0 Å². The molecule has 7 heteroatoms. The molecule has 1 unspecified atom stereocenters. The molecule has 0 radical (unpaired) electrons. The lowest BCUT2D eigenvalue weighted by Gasteiger charge is -2.11. The van der Waals surface area contributed by atoms with E-state index in [0.717, 1.165) is 0 Å². The number of hydrogen-bond donors (Lipinski definition) is 3. The fourth-order valence-electron chi connectivity index (χ4n) is 1.74. The van der Waals surface area contributed by atoms with Crippen molar-refractivity contribution in [3.8, 4) is 11.4 Å². The average Bonchev–Trinajstić information content (AvgIpc) is 2.44. The SMILES string of the molecule is Cc1cc(NCC(O)CO)nc(-c2ccc(Cl)cc2F)n1. The van der Waals surface area contributed by atoms with Gasteiger partial charge in [-0.1, -0.05) is 11.6 Å². The fourth-order valence-corrected chi connectivity index (χ4v) is 1.90. The van der Waals surface area contributed by atoms with Crippen molar-refractivity contribution >= 4 is 17.4 Å². The Labute approximate surface area is 126 Å². The number of aliphatic hydroxyl groups is 2. The Bertz CT molecular complexity index is 640. The molecular weight excluding hydrogens is 297 g/mol. The molecule has 0 amide bonds. The van der Waals surface area contributed by atoms with Crippen molar-refractivity contribution < 1.29 is 14.6 Å². The summed E-state index contributed by atoms with van der Waals surface area (Å²) in [6.45, 7) is 1.54. The highest BCUT2D eigenvalue weighted by molar-refractivity contribution is 6.30. The number of rotatable bonds is 5. The van der Waals surface area contributed by atoms with Crippen LogP contribution in [0.3, 0.4) is 0 Å². The molecular formula is C14H15ClFN3O2. The second-order valence-corrected chi connectivity index (χ2v) is 5.00. The van der Waals surface area contributed by atoms with Crippen molar-refractivity contribution in [2.45, 2.75) is 13.0 Å². The second-order valence-electron chi connectivity index (χ2n) is 4.56. The quantitative estimate of drug-likeness (QED) is 0.787. The van der Waals surface area contributed by atoms with E-state index in [1.807, 2.05) is 0 Å². The van der Waals surface area contributed by atoms with Gasteiger partial charge in [0.15, 0.2) is 5.82 Å². The van der Waals surface area contributed by atoms with Crippen molar-refractivity contribution in [2.75, 3.05) is 18.5 Å². The fraction of sp³-hybridized carbons (Fsp3) is 0.286. The first-order valence-corrected chi connectivity index (χ1v) is 6.71. The summed E-state index contributed by atoms with van der Waals surface area (Å²) >= 11 is 5.72. The van der Waals surface area contributed by atoms with Crippen molar-refractivity contribution in [3.63, 3.8) is 0 Å². The third-order valence-electron chi connectivity index (χ3n) is 2.76. The highest BCUT2D eigenvalue weighted by Crippen LogP contribution is 2.23.